The molecule has 0 bridgehead atoms. The number of morpholine rings is 1. The van der Waals surface area contributed by atoms with Gasteiger partial charge in [0, 0.05) is 67.4 Å². The average Bonchev–Trinajstić information content (AvgIpc) is 3.17. The number of benzene rings is 3. The zero-order valence-corrected chi connectivity index (χ0v) is 29.3. The van der Waals surface area contributed by atoms with Gasteiger partial charge in [0.25, 0.3) is 5.91 Å². The van der Waals surface area contributed by atoms with Gasteiger partial charge in [0.2, 0.25) is 0 Å². The van der Waals surface area contributed by atoms with Gasteiger partial charge >= 0.3 is 6.18 Å². The number of ketones is 1. The number of carbonyl (C=O) groups is 2. The summed E-state index contributed by atoms with van der Waals surface area (Å²) in [5.74, 6) is -0.244. The summed E-state index contributed by atoms with van der Waals surface area (Å²) in [4.78, 5) is 36.4. The molecule has 274 valence electrons. The van der Waals surface area contributed by atoms with Gasteiger partial charge in [0.15, 0.2) is 5.78 Å². The summed E-state index contributed by atoms with van der Waals surface area (Å²) in [6.45, 7) is 7.06. The van der Waals surface area contributed by atoms with Crippen molar-refractivity contribution in [3.8, 4) is 17.0 Å². The second kappa shape index (κ2) is 16.3. The molecular formula is C40H44F3N5O4. The van der Waals surface area contributed by atoms with Gasteiger partial charge in [-0.1, -0.05) is 24.3 Å². The number of carbonyl (C=O) groups excluding carboxylic acids is 2. The molecule has 3 heterocycles. The lowest BCUT2D eigenvalue weighted by Gasteiger charge is -2.30. The van der Waals surface area contributed by atoms with Crippen LogP contribution in [-0.4, -0.2) is 73.1 Å². The smallest absolute Gasteiger partial charge is 0.416 e. The van der Waals surface area contributed by atoms with E-state index < -0.39 is 23.2 Å². The third kappa shape index (κ3) is 9.36. The Morgan fingerprint density at radius 1 is 0.904 bits per heavy atom. The number of anilines is 2. The lowest BCUT2D eigenvalue weighted by atomic mass is 9.88. The lowest BCUT2D eigenvalue weighted by Crippen LogP contribution is -2.48. The molecule has 2 aliphatic heterocycles. The Morgan fingerprint density at radius 3 is 2.42 bits per heavy atom. The fourth-order valence-electron chi connectivity index (χ4n) is 6.51. The van der Waals surface area contributed by atoms with Crippen LogP contribution in [0, 0.1) is 0 Å². The van der Waals surface area contributed by atoms with Crippen molar-refractivity contribution < 1.29 is 32.2 Å². The molecule has 3 aromatic carbocycles. The maximum atomic E-state index is 13.8. The molecule has 0 radical (unpaired) electrons. The van der Waals surface area contributed by atoms with Gasteiger partial charge in [-0.3, -0.25) is 19.5 Å². The summed E-state index contributed by atoms with van der Waals surface area (Å²) in [7, 11) is 0. The van der Waals surface area contributed by atoms with Gasteiger partial charge in [0.05, 0.1) is 35.7 Å². The molecule has 1 atom stereocenters. The normalized spacial score (nSPS) is 16.6. The van der Waals surface area contributed by atoms with Crippen molar-refractivity contribution in [2.75, 3.05) is 56.2 Å². The SMILES string of the molecule is CC(N)(CCN1CCOCC1)C(=O)c1cccc(C(=O)Nc2ccc(N3CCCCC3)cc2-c2cc(OCc3cccc(C(F)(F)F)c3)ccn2)c1. The molecule has 4 aromatic rings. The van der Waals surface area contributed by atoms with E-state index in [0.717, 1.165) is 56.8 Å². The summed E-state index contributed by atoms with van der Waals surface area (Å²) in [5.41, 5.74) is 8.34. The van der Waals surface area contributed by atoms with Crippen molar-refractivity contribution in [3.63, 3.8) is 0 Å². The number of nitrogens with one attached hydrogen (secondary N) is 1. The second-order valence-electron chi connectivity index (χ2n) is 13.6. The predicted molar refractivity (Wildman–Crippen MR) is 195 cm³/mol. The van der Waals surface area contributed by atoms with E-state index in [-0.39, 0.29) is 12.4 Å². The summed E-state index contributed by atoms with van der Waals surface area (Å²) < 4.78 is 51.1. The topological polar surface area (TPSA) is 110 Å². The summed E-state index contributed by atoms with van der Waals surface area (Å²) >= 11 is 0. The molecule has 52 heavy (non-hydrogen) atoms. The summed E-state index contributed by atoms with van der Waals surface area (Å²) in [5, 5.41) is 3.02. The highest BCUT2D eigenvalue weighted by Crippen LogP contribution is 2.35. The third-order valence-corrected chi connectivity index (χ3v) is 9.60. The number of nitrogens with zero attached hydrogens (tertiary/aromatic N) is 3. The van der Waals surface area contributed by atoms with Crippen LogP contribution in [0.2, 0.25) is 0 Å². The van der Waals surface area contributed by atoms with Crippen LogP contribution in [0.25, 0.3) is 11.3 Å². The minimum absolute atomic E-state index is 0.0745. The highest BCUT2D eigenvalue weighted by molar-refractivity contribution is 6.09. The Hall–Kier alpha value is -4.78. The van der Waals surface area contributed by atoms with Crippen LogP contribution in [0.4, 0.5) is 24.5 Å². The van der Waals surface area contributed by atoms with E-state index in [1.807, 2.05) is 18.2 Å². The van der Waals surface area contributed by atoms with Crippen LogP contribution in [0.3, 0.4) is 0 Å². The van der Waals surface area contributed by atoms with Crippen molar-refractivity contribution in [2.45, 2.75) is 50.9 Å². The predicted octanol–water partition coefficient (Wildman–Crippen LogP) is 7.21. The first kappa shape index (κ1) is 37.0. The van der Waals surface area contributed by atoms with Crippen molar-refractivity contribution in [2.24, 2.45) is 5.73 Å². The summed E-state index contributed by atoms with van der Waals surface area (Å²) in [6.07, 6.45) is 0.900. The zero-order chi connectivity index (χ0) is 36.7. The van der Waals surface area contributed by atoms with Crippen molar-refractivity contribution in [1.29, 1.82) is 0 Å². The first-order valence-corrected chi connectivity index (χ1v) is 17.7. The molecule has 1 unspecified atom stereocenters. The van der Waals surface area contributed by atoms with Gasteiger partial charge < -0.3 is 25.4 Å². The Labute approximate surface area is 301 Å². The number of rotatable bonds is 12. The van der Waals surface area contributed by atoms with Crippen LogP contribution in [-0.2, 0) is 17.5 Å². The number of Topliss-reactive ketones (excluding diaryl/α,β-unsaturated/α-hetero) is 1. The van der Waals surface area contributed by atoms with E-state index in [9.17, 15) is 22.8 Å². The molecule has 0 saturated carbocycles. The van der Waals surface area contributed by atoms with E-state index in [1.165, 1.54) is 12.5 Å². The number of aromatic nitrogens is 1. The fraction of sp³-hybridized carbons (Fsp3) is 0.375. The fourth-order valence-corrected chi connectivity index (χ4v) is 6.51. The van der Waals surface area contributed by atoms with Crippen molar-refractivity contribution >= 4 is 23.1 Å². The number of amides is 1. The van der Waals surface area contributed by atoms with Gasteiger partial charge in [-0.15, -0.1) is 0 Å². The van der Waals surface area contributed by atoms with Gasteiger partial charge in [0.1, 0.15) is 12.4 Å². The molecule has 1 amide bonds. The molecule has 2 aliphatic rings. The second-order valence-corrected chi connectivity index (χ2v) is 13.6. The number of piperidine rings is 1. The molecular weight excluding hydrogens is 671 g/mol. The molecule has 0 spiro atoms. The number of hydrogen-bond donors (Lipinski definition) is 2. The molecule has 0 aliphatic carbocycles. The highest BCUT2D eigenvalue weighted by Gasteiger charge is 2.31. The Morgan fingerprint density at radius 2 is 1.65 bits per heavy atom. The first-order chi connectivity index (χ1) is 25.0. The van der Waals surface area contributed by atoms with Crippen LogP contribution in [0.15, 0.2) is 85.1 Å². The Balaban J connectivity index is 1.22. The van der Waals surface area contributed by atoms with E-state index in [1.54, 1.807) is 55.6 Å². The van der Waals surface area contributed by atoms with E-state index in [0.29, 0.717) is 65.6 Å². The minimum Gasteiger partial charge on any atom is -0.489 e. The largest absolute Gasteiger partial charge is 0.489 e. The highest BCUT2D eigenvalue weighted by atomic mass is 19.4. The number of ether oxygens (including phenoxy) is 2. The number of nitrogens with two attached hydrogens (primary N) is 1. The van der Waals surface area contributed by atoms with E-state index >= 15 is 0 Å². The maximum absolute atomic E-state index is 13.8. The Kier molecular flexibility index (Phi) is 11.6. The Bertz CT molecular complexity index is 1870. The third-order valence-electron chi connectivity index (χ3n) is 9.60. The van der Waals surface area contributed by atoms with Crippen LogP contribution in [0.5, 0.6) is 5.75 Å². The van der Waals surface area contributed by atoms with Gasteiger partial charge in [-0.05, 0) is 86.7 Å². The quantitative estimate of drug-likeness (QED) is 0.148. The standard InChI is InChI=1S/C40H44F3N5O4/c1-39(44,14-18-47-19-21-51-22-20-47)37(49)29-8-6-9-30(24-29)38(50)46-35-12-11-32(48-16-3-2-4-17-48)25-34(35)36-26-33(13-15-45-36)52-27-28-7-5-10-31(23-28)40(41,42)43/h5-13,15,23-26H,2-4,14,16-22,27,44H2,1H3,(H,46,50). The van der Waals surface area contributed by atoms with Crippen LogP contribution >= 0.6 is 0 Å². The van der Waals surface area contributed by atoms with Crippen LogP contribution < -0.4 is 20.7 Å². The molecule has 9 nitrogen and oxygen atoms in total. The van der Waals surface area contributed by atoms with Gasteiger partial charge in [-0.2, -0.15) is 13.2 Å². The molecule has 1 aromatic heterocycles. The molecule has 2 fully saturated rings. The average molecular weight is 716 g/mol. The molecule has 6 rings (SSSR count). The van der Waals surface area contributed by atoms with Crippen molar-refractivity contribution in [3.05, 3.63) is 107 Å². The van der Waals surface area contributed by atoms with Gasteiger partial charge in [-0.25, -0.2) is 0 Å². The summed E-state index contributed by atoms with van der Waals surface area (Å²) in [6, 6.07) is 20.7. The van der Waals surface area contributed by atoms with E-state index in [4.69, 9.17) is 15.2 Å². The molecule has 12 heteroatoms. The monoisotopic (exact) mass is 715 g/mol. The maximum Gasteiger partial charge on any atom is 0.416 e. The van der Waals surface area contributed by atoms with E-state index in [2.05, 4.69) is 20.1 Å². The molecule has 3 N–H and O–H groups in total. The lowest BCUT2D eigenvalue weighted by molar-refractivity contribution is -0.137. The van der Waals surface area contributed by atoms with Crippen LogP contribution in [0.1, 0.15) is 64.4 Å². The zero-order valence-electron chi connectivity index (χ0n) is 29.3. The first-order valence-electron chi connectivity index (χ1n) is 17.7. The minimum atomic E-state index is -4.45. The number of alkyl halides is 3. The molecule has 2 saturated heterocycles. The number of halogens is 3. The number of pyridine rings is 1. The number of hydrogen-bond acceptors (Lipinski definition) is 8. The van der Waals surface area contributed by atoms with Crippen molar-refractivity contribution in [1.82, 2.24) is 9.88 Å².